The fourth-order valence-corrected chi connectivity index (χ4v) is 3.94. The van der Waals surface area contributed by atoms with Crippen molar-refractivity contribution in [2.45, 2.75) is 38.6 Å². The van der Waals surface area contributed by atoms with Gasteiger partial charge >= 0.3 is 0 Å². The second kappa shape index (κ2) is 10.7. The van der Waals surface area contributed by atoms with Crippen LogP contribution in [0.5, 0.6) is 0 Å². The zero-order chi connectivity index (χ0) is 22.4. The number of carbonyl (C=O) groups is 2. The summed E-state index contributed by atoms with van der Waals surface area (Å²) in [6.07, 6.45) is 9.27. The number of aryl methyl sites for hydroxylation is 1. The van der Waals surface area contributed by atoms with E-state index in [1.165, 1.54) is 4.90 Å². The first-order chi connectivity index (χ1) is 14.9. The molecule has 8 heteroatoms. The first-order valence-corrected chi connectivity index (χ1v) is 11.1. The molecule has 1 aromatic carbocycles. The summed E-state index contributed by atoms with van der Waals surface area (Å²) in [5, 5.41) is 14.0. The second-order valence-electron chi connectivity index (χ2n) is 7.48. The third-order valence-electron chi connectivity index (χ3n) is 5.32. The maximum atomic E-state index is 12.6. The first-order valence-electron chi connectivity index (χ1n) is 10.3. The van der Waals surface area contributed by atoms with E-state index in [2.05, 4.69) is 5.32 Å². The fourth-order valence-electron chi connectivity index (χ4n) is 3.62. The van der Waals surface area contributed by atoms with Crippen LogP contribution in [-0.4, -0.2) is 47.6 Å². The molecule has 0 bridgehead atoms. The standard InChI is InChI=1S/C23H26Cl2N2O4/c1-15-20(22(29)26-11-5-6-16-9-10-18(24)19(25)14-16)21(28)23(30)27(15)12-13-31-17-7-3-2-4-8-17/h3,7-10,14-15,28H,2,4-6,11-13H2,1H3,(H,26,29). The number of amides is 2. The van der Waals surface area contributed by atoms with Crippen molar-refractivity contribution < 1.29 is 19.4 Å². The lowest BCUT2D eigenvalue weighted by molar-refractivity contribution is -0.129. The van der Waals surface area contributed by atoms with Crippen LogP contribution >= 0.6 is 23.2 Å². The molecule has 2 N–H and O–H groups in total. The molecule has 1 aromatic rings. The number of allylic oxidation sites excluding steroid dienone is 3. The van der Waals surface area contributed by atoms with Crippen LogP contribution in [0.15, 0.2) is 53.5 Å². The summed E-state index contributed by atoms with van der Waals surface area (Å²) in [4.78, 5) is 26.5. The number of aliphatic hydroxyl groups is 1. The monoisotopic (exact) mass is 464 g/mol. The van der Waals surface area contributed by atoms with E-state index in [-0.39, 0.29) is 18.7 Å². The van der Waals surface area contributed by atoms with Gasteiger partial charge in [-0.2, -0.15) is 0 Å². The molecule has 0 radical (unpaired) electrons. The van der Waals surface area contributed by atoms with Crippen LogP contribution in [0, 0.1) is 0 Å². The smallest absolute Gasteiger partial charge is 0.289 e. The fraction of sp³-hybridized carbons (Fsp3) is 0.391. The predicted octanol–water partition coefficient (Wildman–Crippen LogP) is 4.34. The zero-order valence-corrected chi connectivity index (χ0v) is 18.9. The minimum absolute atomic E-state index is 0.0938. The molecule has 0 aromatic heterocycles. The summed E-state index contributed by atoms with van der Waals surface area (Å²) in [6, 6.07) is 4.91. The molecule has 2 amide bonds. The van der Waals surface area contributed by atoms with Gasteiger partial charge in [0.05, 0.1) is 28.2 Å². The van der Waals surface area contributed by atoms with Crippen LogP contribution in [0.4, 0.5) is 0 Å². The van der Waals surface area contributed by atoms with Gasteiger partial charge < -0.3 is 20.1 Å². The SMILES string of the molecule is CC1C(C(=O)NCCCc2ccc(Cl)c(Cl)c2)=C(O)C(=O)N1CCOC1=CCCC=C1. The van der Waals surface area contributed by atoms with Crippen molar-refractivity contribution in [1.29, 1.82) is 0 Å². The van der Waals surface area contributed by atoms with Crippen LogP contribution < -0.4 is 5.32 Å². The Balaban J connectivity index is 1.47. The van der Waals surface area contributed by atoms with Crippen LogP contribution in [-0.2, 0) is 20.7 Å². The Hall–Kier alpha value is -2.44. The molecular formula is C23H26Cl2N2O4. The number of halogens is 2. The molecule has 1 aliphatic carbocycles. The molecular weight excluding hydrogens is 439 g/mol. The first kappa shape index (κ1) is 23.2. The molecule has 6 nitrogen and oxygen atoms in total. The number of carbonyl (C=O) groups excluding carboxylic acids is 2. The highest BCUT2D eigenvalue weighted by Crippen LogP contribution is 2.25. The van der Waals surface area contributed by atoms with Crippen molar-refractivity contribution in [3.63, 3.8) is 0 Å². The summed E-state index contributed by atoms with van der Waals surface area (Å²) >= 11 is 11.9. The average Bonchev–Trinajstić information content (AvgIpc) is 2.97. The molecule has 2 aliphatic rings. The van der Waals surface area contributed by atoms with Crippen LogP contribution in [0.2, 0.25) is 10.0 Å². The Morgan fingerprint density at radius 2 is 2.10 bits per heavy atom. The molecule has 166 valence electrons. The maximum absolute atomic E-state index is 12.6. The predicted molar refractivity (Wildman–Crippen MR) is 121 cm³/mol. The van der Waals surface area contributed by atoms with Crippen molar-refractivity contribution in [2.24, 2.45) is 0 Å². The number of nitrogens with zero attached hydrogens (tertiary/aromatic N) is 1. The minimum Gasteiger partial charge on any atom is -0.503 e. The molecule has 1 heterocycles. The van der Waals surface area contributed by atoms with Gasteiger partial charge in [-0.1, -0.05) is 35.3 Å². The van der Waals surface area contributed by atoms with Gasteiger partial charge in [-0.15, -0.1) is 0 Å². The van der Waals surface area contributed by atoms with E-state index in [9.17, 15) is 14.7 Å². The van der Waals surface area contributed by atoms with Gasteiger partial charge in [-0.3, -0.25) is 9.59 Å². The molecule has 1 aliphatic heterocycles. The number of rotatable bonds is 9. The highest BCUT2D eigenvalue weighted by molar-refractivity contribution is 6.42. The van der Waals surface area contributed by atoms with E-state index in [0.29, 0.717) is 29.4 Å². The van der Waals surface area contributed by atoms with E-state index in [1.54, 1.807) is 19.1 Å². The largest absolute Gasteiger partial charge is 0.503 e. The van der Waals surface area contributed by atoms with Gasteiger partial charge in [0.2, 0.25) is 0 Å². The Kier molecular flexibility index (Phi) is 8.04. The maximum Gasteiger partial charge on any atom is 0.289 e. The third kappa shape index (κ3) is 5.83. The minimum atomic E-state index is -0.551. The summed E-state index contributed by atoms with van der Waals surface area (Å²) in [7, 11) is 0. The number of aliphatic hydroxyl groups excluding tert-OH is 1. The molecule has 0 spiro atoms. The van der Waals surface area contributed by atoms with Gasteiger partial charge in [0.15, 0.2) is 5.76 Å². The molecule has 1 unspecified atom stereocenters. The summed E-state index contributed by atoms with van der Waals surface area (Å²) < 4.78 is 5.67. The third-order valence-corrected chi connectivity index (χ3v) is 6.06. The number of nitrogens with one attached hydrogen (secondary N) is 1. The molecule has 0 fully saturated rings. The van der Waals surface area contributed by atoms with E-state index in [0.717, 1.165) is 24.2 Å². The second-order valence-corrected chi connectivity index (χ2v) is 8.29. The van der Waals surface area contributed by atoms with Gasteiger partial charge in [-0.25, -0.2) is 0 Å². The number of benzene rings is 1. The van der Waals surface area contributed by atoms with Gasteiger partial charge in [-0.05, 0) is 62.5 Å². The van der Waals surface area contributed by atoms with Gasteiger partial charge in [0.25, 0.3) is 11.8 Å². The summed E-state index contributed by atoms with van der Waals surface area (Å²) in [6.45, 7) is 2.70. The quantitative estimate of drug-likeness (QED) is 0.532. The molecule has 1 atom stereocenters. The average molecular weight is 465 g/mol. The summed E-state index contributed by atoms with van der Waals surface area (Å²) in [5.41, 5.74) is 1.11. The molecule has 0 saturated carbocycles. The van der Waals surface area contributed by atoms with E-state index < -0.39 is 23.6 Å². The number of ether oxygens (including phenoxy) is 1. The lowest BCUT2D eigenvalue weighted by atomic mass is 10.1. The van der Waals surface area contributed by atoms with E-state index >= 15 is 0 Å². The van der Waals surface area contributed by atoms with Crippen LogP contribution in [0.3, 0.4) is 0 Å². The summed E-state index contributed by atoms with van der Waals surface area (Å²) in [5.74, 6) is -0.701. The molecule has 31 heavy (non-hydrogen) atoms. The Bertz CT molecular complexity index is 940. The zero-order valence-electron chi connectivity index (χ0n) is 17.4. The Morgan fingerprint density at radius 3 is 2.81 bits per heavy atom. The van der Waals surface area contributed by atoms with Crippen molar-refractivity contribution in [1.82, 2.24) is 10.2 Å². The lowest BCUT2D eigenvalue weighted by Crippen LogP contribution is -2.39. The van der Waals surface area contributed by atoms with Gasteiger partial charge in [0.1, 0.15) is 12.4 Å². The number of hydrogen-bond donors (Lipinski definition) is 2. The molecule has 0 saturated heterocycles. The Morgan fingerprint density at radius 1 is 1.29 bits per heavy atom. The number of hydrogen-bond acceptors (Lipinski definition) is 4. The highest BCUT2D eigenvalue weighted by atomic mass is 35.5. The van der Waals surface area contributed by atoms with Crippen LogP contribution in [0.1, 0.15) is 31.7 Å². The highest BCUT2D eigenvalue weighted by Gasteiger charge is 2.39. The topological polar surface area (TPSA) is 78.9 Å². The van der Waals surface area contributed by atoms with E-state index in [1.807, 2.05) is 24.3 Å². The van der Waals surface area contributed by atoms with Gasteiger partial charge in [0, 0.05) is 6.54 Å². The van der Waals surface area contributed by atoms with Crippen molar-refractivity contribution >= 4 is 35.0 Å². The van der Waals surface area contributed by atoms with E-state index in [4.69, 9.17) is 27.9 Å². The normalized spacial score (nSPS) is 18.4. The lowest BCUT2D eigenvalue weighted by Gasteiger charge is -2.23. The van der Waals surface area contributed by atoms with Crippen molar-refractivity contribution in [2.75, 3.05) is 19.7 Å². The van der Waals surface area contributed by atoms with Crippen molar-refractivity contribution in [3.8, 4) is 0 Å². The van der Waals surface area contributed by atoms with Crippen molar-refractivity contribution in [3.05, 3.63) is 69.1 Å². The molecule has 3 rings (SSSR count). The Labute approximate surface area is 192 Å². The van der Waals surface area contributed by atoms with Crippen LogP contribution in [0.25, 0.3) is 0 Å².